The molecule has 104 valence electrons. The highest BCUT2D eigenvalue weighted by atomic mass is 32.2. The van der Waals surface area contributed by atoms with Crippen LogP contribution < -0.4 is 14.9 Å². The lowest BCUT2D eigenvalue weighted by molar-refractivity contribution is -0.115. The van der Waals surface area contributed by atoms with Crippen molar-refractivity contribution >= 4 is 27.3 Å². The summed E-state index contributed by atoms with van der Waals surface area (Å²) in [6.45, 7) is 2.84. The maximum absolute atomic E-state index is 12.3. The molecule has 2 N–H and O–H groups in total. The Balaban J connectivity index is 2.27. The van der Waals surface area contributed by atoms with Crippen molar-refractivity contribution in [2.24, 2.45) is 0 Å². The molecule has 0 radical (unpaired) electrons. The molecule has 1 aliphatic heterocycles. The number of carbonyl (C=O) groups is 1. The third kappa shape index (κ3) is 3.05. The number of sulfonamides is 1. The van der Waals surface area contributed by atoms with E-state index >= 15 is 0 Å². The Bertz CT molecular complexity index is 571. The molecule has 2 rings (SSSR count). The standard InChI is InChI=1S/C12H17N3O3S/c1-2-13-7-8-19(17,18)15-9-12(16)14-10-5-3-4-6-11(10)15/h3-6,13H,2,7-9H2,1H3,(H,14,16). The lowest BCUT2D eigenvalue weighted by atomic mass is 10.2. The molecule has 1 amide bonds. The van der Waals surface area contributed by atoms with Crippen molar-refractivity contribution in [2.75, 3.05) is 35.0 Å². The van der Waals surface area contributed by atoms with Crippen LogP contribution in [0.3, 0.4) is 0 Å². The molecule has 1 aliphatic rings. The Kier molecular flexibility index (Phi) is 4.06. The normalized spacial score (nSPS) is 15.0. The van der Waals surface area contributed by atoms with Gasteiger partial charge in [0.15, 0.2) is 0 Å². The van der Waals surface area contributed by atoms with Crippen LogP contribution in [-0.2, 0) is 14.8 Å². The zero-order valence-electron chi connectivity index (χ0n) is 10.7. The van der Waals surface area contributed by atoms with Gasteiger partial charge in [0.2, 0.25) is 15.9 Å². The quantitative estimate of drug-likeness (QED) is 0.766. The Morgan fingerprint density at radius 2 is 2.11 bits per heavy atom. The smallest absolute Gasteiger partial charge is 0.245 e. The molecule has 0 saturated carbocycles. The summed E-state index contributed by atoms with van der Waals surface area (Å²) >= 11 is 0. The van der Waals surface area contributed by atoms with E-state index < -0.39 is 10.0 Å². The molecule has 0 aliphatic carbocycles. The predicted molar refractivity (Wildman–Crippen MR) is 74.7 cm³/mol. The number of hydrogen-bond acceptors (Lipinski definition) is 4. The molecule has 0 bridgehead atoms. The second kappa shape index (κ2) is 5.58. The number of rotatable bonds is 5. The van der Waals surface area contributed by atoms with E-state index in [1.807, 2.05) is 6.92 Å². The van der Waals surface area contributed by atoms with Gasteiger partial charge in [-0.25, -0.2) is 8.42 Å². The van der Waals surface area contributed by atoms with Crippen LogP contribution >= 0.6 is 0 Å². The predicted octanol–water partition coefficient (Wildman–Crippen LogP) is 0.384. The molecule has 7 heteroatoms. The second-order valence-corrected chi connectivity index (χ2v) is 6.25. The van der Waals surface area contributed by atoms with E-state index in [1.54, 1.807) is 24.3 Å². The van der Waals surface area contributed by atoms with Gasteiger partial charge in [-0.3, -0.25) is 9.10 Å². The number of amides is 1. The van der Waals surface area contributed by atoms with E-state index in [9.17, 15) is 13.2 Å². The summed E-state index contributed by atoms with van der Waals surface area (Å²) in [5.41, 5.74) is 1.06. The Hall–Kier alpha value is -1.60. The number of anilines is 2. The first-order valence-corrected chi connectivity index (χ1v) is 7.75. The van der Waals surface area contributed by atoms with Crippen LogP contribution in [-0.4, -0.2) is 39.7 Å². The molecule has 0 fully saturated rings. The van der Waals surface area contributed by atoms with Crippen molar-refractivity contribution < 1.29 is 13.2 Å². The van der Waals surface area contributed by atoms with Gasteiger partial charge in [-0.05, 0) is 18.7 Å². The van der Waals surface area contributed by atoms with Gasteiger partial charge in [0, 0.05) is 6.54 Å². The van der Waals surface area contributed by atoms with Crippen LogP contribution in [0, 0.1) is 0 Å². The van der Waals surface area contributed by atoms with Gasteiger partial charge in [-0.15, -0.1) is 0 Å². The summed E-state index contributed by atoms with van der Waals surface area (Å²) in [4.78, 5) is 11.6. The molecule has 6 nitrogen and oxygen atoms in total. The fourth-order valence-electron chi connectivity index (χ4n) is 1.94. The first kappa shape index (κ1) is 13.8. The van der Waals surface area contributed by atoms with Crippen molar-refractivity contribution in [1.29, 1.82) is 0 Å². The molecule has 0 unspecified atom stereocenters. The number of hydrogen-bond donors (Lipinski definition) is 2. The first-order chi connectivity index (χ1) is 9.04. The summed E-state index contributed by atoms with van der Waals surface area (Å²) in [7, 11) is -3.49. The van der Waals surface area contributed by atoms with Crippen molar-refractivity contribution in [3.8, 4) is 0 Å². The van der Waals surface area contributed by atoms with Crippen LogP contribution in [0.15, 0.2) is 24.3 Å². The van der Waals surface area contributed by atoms with E-state index in [2.05, 4.69) is 10.6 Å². The topological polar surface area (TPSA) is 78.5 Å². The van der Waals surface area contributed by atoms with Crippen LogP contribution in [0.4, 0.5) is 11.4 Å². The lowest BCUT2D eigenvalue weighted by Gasteiger charge is -2.30. The SMILES string of the molecule is CCNCCS(=O)(=O)N1CC(=O)Nc2ccccc21. The van der Waals surface area contributed by atoms with Crippen LogP contribution in [0.25, 0.3) is 0 Å². The minimum atomic E-state index is -3.49. The summed E-state index contributed by atoms with van der Waals surface area (Å²) < 4.78 is 25.7. The van der Waals surface area contributed by atoms with Crippen LogP contribution in [0.5, 0.6) is 0 Å². The highest BCUT2D eigenvalue weighted by Crippen LogP contribution is 2.30. The molecule has 1 aromatic carbocycles. The summed E-state index contributed by atoms with van der Waals surface area (Å²) in [6, 6.07) is 6.90. The fourth-order valence-corrected chi connectivity index (χ4v) is 3.33. The fraction of sp³-hybridized carbons (Fsp3) is 0.417. The first-order valence-electron chi connectivity index (χ1n) is 6.14. The Morgan fingerprint density at radius 1 is 1.37 bits per heavy atom. The van der Waals surface area contributed by atoms with Crippen LogP contribution in [0.1, 0.15) is 6.92 Å². The third-order valence-electron chi connectivity index (χ3n) is 2.86. The minimum Gasteiger partial charge on any atom is -0.323 e. The number of nitrogens with one attached hydrogen (secondary N) is 2. The second-order valence-electron chi connectivity index (χ2n) is 4.24. The molecular weight excluding hydrogens is 266 g/mol. The summed E-state index contributed by atoms with van der Waals surface area (Å²) in [5, 5.41) is 5.64. The number of carbonyl (C=O) groups excluding carboxylic acids is 1. The number of nitrogens with zero attached hydrogens (tertiary/aromatic N) is 1. The van der Waals surface area contributed by atoms with Crippen molar-refractivity contribution in [1.82, 2.24) is 5.32 Å². The third-order valence-corrected chi connectivity index (χ3v) is 4.57. The van der Waals surface area contributed by atoms with E-state index in [0.717, 1.165) is 0 Å². The van der Waals surface area contributed by atoms with Crippen LogP contribution in [0.2, 0.25) is 0 Å². The zero-order valence-corrected chi connectivity index (χ0v) is 11.5. The molecule has 0 atom stereocenters. The van der Waals surface area contributed by atoms with Crippen molar-refractivity contribution in [2.45, 2.75) is 6.92 Å². The van der Waals surface area contributed by atoms with Gasteiger partial charge in [0.1, 0.15) is 6.54 Å². The minimum absolute atomic E-state index is 0.0253. The van der Waals surface area contributed by atoms with Gasteiger partial charge in [-0.2, -0.15) is 0 Å². The van der Waals surface area contributed by atoms with E-state index in [-0.39, 0.29) is 18.2 Å². The Labute approximate surface area is 112 Å². The number of para-hydroxylation sites is 2. The zero-order chi connectivity index (χ0) is 13.9. The monoisotopic (exact) mass is 283 g/mol. The van der Waals surface area contributed by atoms with Crippen molar-refractivity contribution in [3.63, 3.8) is 0 Å². The largest absolute Gasteiger partial charge is 0.323 e. The molecule has 1 heterocycles. The van der Waals surface area contributed by atoms with E-state index in [0.29, 0.717) is 24.5 Å². The lowest BCUT2D eigenvalue weighted by Crippen LogP contribution is -2.44. The highest BCUT2D eigenvalue weighted by Gasteiger charge is 2.30. The molecular formula is C12H17N3O3S. The summed E-state index contributed by atoms with van der Waals surface area (Å²) in [6.07, 6.45) is 0. The maximum Gasteiger partial charge on any atom is 0.245 e. The Morgan fingerprint density at radius 3 is 2.84 bits per heavy atom. The molecule has 19 heavy (non-hydrogen) atoms. The van der Waals surface area contributed by atoms with Gasteiger partial charge in [0.25, 0.3) is 0 Å². The van der Waals surface area contributed by atoms with E-state index in [1.165, 1.54) is 4.31 Å². The number of benzene rings is 1. The average molecular weight is 283 g/mol. The molecule has 0 saturated heterocycles. The molecule has 0 spiro atoms. The van der Waals surface area contributed by atoms with Gasteiger partial charge in [0.05, 0.1) is 17.1 Å². The average Bonchev–Trinajstić information content (AvgIpc) is 2.38. The maximum atomic E-state index is 12.3. The summed E-state index contributed by atoms with van der Waals surface area (Å²) in [5.74, 6) is -0.339. The van der Waals surface area contributed by atoms with E-state index in [4.69, 9.17) is 0 Å². The van der Waals surface area contributed by atoms with Crippen molar-refractivity contribution in [3.05, 3.63) is 24.3 Å². The number of fused-ring (bicyclic) bond motifs is 1. The van der Waals surface area contributed by atoms with Gasteiger partial charge < -0.3 is 10.6 Å². The molecule has 0 aromatic heterocycles. The molecule has 1 aromatic rings. The highest BCUT2D eigenvalue weighted by molar-refractivity contribution is 7.92. The van der Waals surface area contributed by atoms with Gasteiger partial charge in [-0.1, -0.05) is 19.1 Å². The van der Waals surface area contributed by atoms with Gasteiger partial charge >= 0.3 is 0 Å².